The van der Waals surface area contributed by atoms with E-state index in [0.717, 1.165) is 5.56 Å². The summed E-state index contributed by atoms with van der Waals surface area (Å²) in [6, 6.07) is 0. The molecule has 0 radical (unpaired) electrons. The molecule has 1 heterocycles. The summed E-state index contributed by atoms with van der Waals surface area (Å²) in [5.74, 6) is 0.485. The van der Waals surface area contributed by atoms with Crippen LogP contribution in [0.2, 0.25) is 0 Å². The molecule has 3 N–H and O–H groups in total. The molecule has 1 aromatic rings. The number of halogens is 3. The van der Waals surface area contributed by atoms with Crippen LogP contribution in [0.25, 0.3) is 0 Å². The van der Waals surface area contributed by atoms with E-state index in [1.807, 2.05) is 0 Å². The molecular weight excluding hydrogens is 241 g/mol. The van der Waals surface area contributed by atoms with Crippen LogP contribution < -0.4 is 11.1 Å². The Kier molecular flexibility index (Phi) is 4.22. The van der Waals surface area contributed by atoms with Crippen molar-refractivity contribution in [3.63, 3.8) is 0 Å². The first kappa shape index (κ1) is 12.9. The predicted molar refractivity (Wildman–Crippen MR) is 58.2 cm³/mol. The molecule has 0 aliphatic heterocycles. The number of nitrogens with two attached hydrogens (primary N) is 1. The SMILES string of the molecule is Cc1cnc(N)nc1NCCSC(F)(F)F. The molecule has 0 bridgehead atoms. The zero-order valence-electron chi connectivity index (χ0n) is 8.51. The number of aromatic nitrogens is 2. The minimum Gasteiger partial charge on any atom is -0.369 e. The number of rotatable bonds is 4. The number of nitrogens with one attached hydrogen (secondary N) is 1. The van der Waals surface area contributed by atoms with Crippen LogP contribution in [0.3, 0.4) is 0 Å². The van der Waals surface area contributed by atoms with Gasteiger partial charge in [0.1, 0.15) is 5.82 Å². The van der Waals surface area contributed by atoms with Gasteiger partial charge in [0.25, 0.3) is 0 Å². The van der Waals surface area contributed by atoms with Crippen LogP contribution in [-0.2, 0) is 0 Å². The molecular formula is C8H11F3N4S. The van der Waals surface area contributed by atoms with Crippen molar-refractivity contribution in [1.82, 2.24) is 9.97 Å². The lowest BCUT2D eigenvalue weighted by Gasteiger charge is -2.09. The number of anilines is 2. The highest BCUT2D eigenvalue weighted by atomic mass is 32.2. The van der Waals surface area contributed by atoms with E-state index in [1.54, 1.807) is 6.92 Å². The summed E-state index contributed by atoms with van der Waals surface area (Å²) in [4.78, 5) is 7.62. The van der Waals surface area contributed by atoms with E-state index in [0.29, 0.717) is 5.82 Å². The Morgan fingerprint density at radius 1 is 1.50 bits per heavy atom. The molecule has 0 saturated carbocycles. The van der Waals surface area contributed by atoms with E-state index in [-0.39, 0.29) is 30.0 Å². The summed E-state index contributed by atoms with van der Waals surface area (Å²) in [6.07, 6.45) is 1.52. The average Bonchev–Trinajstić information content (AvgIpc) is 2.16. The maximum atomic E-state index is 11.8. The standard InChI is InChI=1S/C8H11F3N4S/c1-5-4-14-7(12)15-6(5)13-2-3-16-8(9,10)11/h4H,2-3H2,1H3,(H3,12,13,14,15). The number of aryl methyl sites for hydroxylation is 1. The predicted octanol–water partition coefficient (Wildman–Crippen LogP) is 2.03. The second kappa shape index (κ2) is 5.24. The van der Waals surface area contributed by atoms with Crippen LogP contribution in [0.5, 0.6) is 0 Å². The summed E-state index contributed by atoms with van der Waals surface area (Å²) in [7, 11) is 0. The normalized spacial score (nSPS) is 11.5. The molecule has 4 nitrogen and oxygen atoms in total. The Balaban J connectivity index is 2.40. The molecule has 1 rings (SSSR count). The third kappa shape index (κ3) is 4.56. The molecule has 0 unspecified atom stereocenters. The van der Waals surface area contributed by atoms with Gasteiger partial charge in [0.15, 0.2) is 0 Å². The van der Waals surface area contributed by atoms with Gasteiger partial charge in [-0.05, 0) is 18.7 Å². The zero-order chi connectivity index (χ0) is 12.2. The molecule has 0 saturated heterocycles. The fourth-order valence-electron chi connectivity index (χ4n) is 0.971. The van der Waals surface area contributed by atoms with E-state index in [1.165, 1.54) is 6.20 Å². The monoisotopic (exact) mass is 252 g/mol. The van der Waals surface area contributed by atoms with Gasteiger partial charge in [-0.2, -0.15) is 18.2 Å². The van der Waals surface area contributed by atoms with Gasteiger partial charge in [-0.15, -0.1) is 0 Å². The van der Waals surface area contributed by atoms with Gasteiger partial charge in [-0.1, -0.05) is 0 Å². The summed E-state index contributed by atoms with van der Waals surface area (Å²) >= 11 is -0.0743. The molecule has 0 amide bonds. The molecule has 0 aliphatic rings. The van der Waals surface area contributed by atoms with Crippen molar-refractivity contribution < 1.29 is 13.2 Å². The number of nitrogen functional groups attached to an aromatic ring is 1. The van der Waals surface area contributed by atoms with Crippen LogP contribution >= 0.6 is 11.8 Å². The lowest BCUT2D eigenvalue weighted by Crippen LogP contribution is -2.12. The number of thioether (sulfide) groups is 1. The van der Waals surface area contributed by atoms with Crippen molar-refractivity contribution in [3.05, 3.63) is 11.8 Å². The number of nitrogens with zero attached hydrogens (tertiary/aromatic N) is 2. The smallest absolute Gasteiger partial charge is 0.369 e. The fraction of sp³-hybridized carbons (Fsp3) is 0.500. The fourth-order valence-corrected chi connectivity index (χ4v) is 1.41. The first-order valence-electron chi connectivity index (χ1n) is 4.42. The quantitative estimate of drug-likeness (QED) is 0.803. The van der Waals surface area contributed by atoms with Crippen molar-refractivity contribution in [3.8, 4) is 0 Å². The first-order chi connectivity index (χ1) is 7.38. The number of hydrogen-bond donors (Lipinski definition) is 2. The van der Waals surface area contributed by atoms with Gasteiger partial charge in [-0.25, -0.2) is 4.98 Å². The van der Waals surface area contributed by atoms with Gasteiger partial charge in [-0.3, -0.25) is 0 Å². The lowest BCUT2D eigenvalue weighted by atomic mass is 10.3. The van der Waals surface area contributed by atoms with Crippen molar-refractivity contribution in [2.45, 2.75) is 12.4 Å². The molecule has 0 aromatic carbocycles. The second-order valence-corrected chi connectivity index (χ2v) is 4.14. The Morgan fingerprint density at radius 3 is 2.81 bits per heavy atom. The highest BCUT2D eigenvalue weighted by Gasteiger charge is 2.27. The third-order valence-corrected chi connectivity index (χ3v) is 2.39. The van der Waals surface area contributed by atoms with E-state index in [4.69, 9.17) is 5.73 Å². The molecule has 0 spiro atoms. The van der Waals surface area contributed by atoms with Crippen molar-refractivity contribution >= 4 is 23.5 Å². The Labute approximate surface area is 94.8 Å². The first-order valence-corrected chi connectivity index (χ1v) is 5.41. The number of hydrogen-bond acceptors (Lipinski definition) is 5. The van der Waals surface area contributed by atoms with Crippen LogP contribution in [0.4, 0.5) is 24.9 Å². The van der Waals surface area contributed by atoms with Crippen LogP contribution in [0, 0.1) is 6.92 Å². The maximum Gasteiger partial charge on any atom is 0.441 e. The van der Waals surface area contributed by atoms with Crippen molar-refractivity contribution in [1.29, 1.82) is 0 Å². The Morgan fingerprint density at radius 2 is 2.19 bits per heavy atom. The van der Waals surface area contributed by atoms with Gasteiger partial charge in [0.05, 0.1) is 0 Å². The highest BCUT2D eigenvalue weighted by Crippen LogP contribution is 2.29. The zero-order valence-corrected chi connectivity index (χ0v) is 9.32. The molecule has 0 fully saturated rings. The van der Waals surface area contributed by atoms with Gasteiger partial charge >= 0.3 is 5.51 Å². The van der Waals surface area contributed by atoms with Gasteiger partial charge in [0, 0.05) is 24.1 Å². The number of alkyl halides is 3. The van der Waals surface area contributed by atoms with E-state index in [9.17, 15) is 13.2 Å². The summed E-state index contributed by atoms with van der Waals surface area (Å²) in [5.41, 5.74) is 1.90. The topological polar surface area (TPSA) is 63.8 Å². The van der Waals surface area contributed by atoms with Crippen LogP contribution in [0.1, 0.15) is 5.56 Å². The van der Waals surface area contributed by atoms with Crippen LogP contribution in [0.15, 0.2) is 6.20 Å². The molecule has 0 aliphatic carbocycles. The Hall–Kier alpha value is -1.18. The summed E-state index contributed by atoms with van der Waals surface area (Å²) in [6.45, 7) is 1.92. The lowest BCUT2D eigenvalue weighted by molar-refractivity contribution is -0.0327. The van der Waals surface area contributed by atoms with Gasteiger partial charge < -0.3 is 11.1 Å². The van der Waals surface area contributed by atoms with Gasteiger partial charge in [0.2, 0.25) is 5.95 Å². The van der Waals surface area contributed by atoms with E-state index in [2.05, 4.69) is 15.3 Å². The Bertz CT molecular complexity index is 356. The van der Waals surface area contributed by atoms with Crippen LogP contribution in [-0.4, -0.2) is 27.8 Å². The minimum absolute atomic E-state index is 0.0743. The third-order valence-electron chi connectivity index (χ3n) is 1.65. The van der Waals surface area contributed by atoms with Crippen molar-refractivity contribution in [2.24, 2.45) is 0 Å². The minimum atomic E-state index is -4.19. The summed E-state index contributed by atoms with van der Waals surface area (Å²) in [5, 5.41) is 2.77. The largest absolute Gasteiger partial charge is 0.441 e. The molecule has 90 valence electrons. The summed E-state index contributed by atoms with van der Waals surface area (Å²) < 4.78 is 35.4. The molecule has 8 heteroatoms. The second-order valence-electron chi connectivity index (χ2n) is 2.98. The highest BCUT2D eigenvalue weighted by molar-refractivity contribution is 8.00. The average molecular weight is 252 g/mol. The van der Waals surface area contributed by atoms with E-state index < -0.39 is 5.51 Å². The molecule has 1 aromatic heterocycles. The van der Waals surface area contributed by atoms with Crippen molar-refractivity contribution in [2.75, 3.05) is 23.3 Å². The van der Waals surface area contributed by atoms with E-state index >= 15 is 0 Å². The maximum absolute atomic E-state index is 11.8. The molecule has 0 atom stereocenters. The molecule has 16 heavy (non-hydrogen) atoms.